The van der Waals surface area contributed by atoms with Crippen LogP contribution in [0.1, 0.15) is 12.0 Å². The minimum Gasteiger partial charge on any atom is -0.373 e. The van der Waals surface area contributed by atoms with Gasteiger partial charge >= 0.3 is 0 Å². The summed E-state index contributed by atoms with van der Waals surface area (Å²) in [5, 5.41) is 11.6. The number of hydrogen-bond donors (Lipinski definition) is 2. The summed E-state index contributed by atoms with van der Waals surface area (Å²) in [5.41, 5.74) is 1.38. The number of carbonyl (C=O) groups is 2. The predicted molar refractivity (Wildman–Crippen MR) is 64.9 cm³/mol. The standard InChI is InChI=1S/C13H14N2O3/c16-9-15(7-10-4-2-1-3-5-10)8-11-6-12(17)14-13(11)18/h1-5,8-9,12,17H,6-7H2,(H,14,18)/b11-8+. The van der Waals surface area contributed by atoms with Crippen molar-refractivity contribution in [2.45, 2.75) is 19.2 Å². The summed E-state index contributed by atoms with van der Waals surface area (Å²) in [6.45, 7) is 0.400. The monoisotopic (exact) mass is 246 g/mol. The van der Waals surface area contributed by atoms with Crippen molar-refractivity contribution in [1.29, 1.82) is 0 Å². The number of carbonyl (C=O) groups excluding carboxylic acids is 2. The third-order valence-electron chi connectivity index (χ3n) is 2.67. The van der Waals surface area contributed by atoms with Crippen LogP contribution >= 0.6 is 0 Å². The summed E-state index contributed by atoms with van der Waals surface area (Å²) < 4.78 is 0. The minimum atomic E-state index is -0.853. The molecule has 2 rings (SSSR count). The molecule has 0 spiro atoms. The first kappa shape index (κ1) is 12.3. The molecule has 0 aromatic heterocycles. The molecule has 1 aromatic rings. The first-order chi connectivity index (χ1) is 8.69. The molecule has 5 heteroatoms. The number of nitrogens with zero attached hydrogens (tertiary/aromatic N) is 1. The first-order valence-electron chi connectivity index (χ1n) is 5.63. The Kier molecular flexibility index (Phi) is 3.74. The molecule has 1 saturated heterocycles. The van der Waals surface area contributed by atoms with Crippen molar-refractivity contribution < 1.29 is 14.7 Å². The second kappa shape index (κ2) is 5.46. The first-order valence-corrected chi connectivity index (χ1v) is 5.63. The molecule has 18 heavy (non-hydrogen) atoms. The summed E-state index contributed by atoms with van der Waals surface area (Å²) in [4.78, 5) is 23.8. The maximum absolute atomic E-state index is 11.4. The number of amides is 2. The van der Waals surface area contributed by atoms with Crippen molar-refractivity contribution in [1.82, 2.24) is 10.2 Å². The summed E-state index contributed by atoms with van der Waals surface area (Å²) >= 11 is 0. The van der Waals surface area contributed by atoms with Gasteiger partial charge in [0.1, 0.15) is 6.23 Å². The van der Waals surface area contributed by atoms with Gasteiger partial charge in [0.25, 0.3) is 5.91 Å². The van der Waals surface area contributed by atoms with E-state index in [9.17, 15) is 14.7 Å². The fourth-order valence-corrected chi connectivity index (χ4v) is 1.82. The molecule has 1 atom stereocenters. The van der Waals surface area contributed by atoms with Crippen LogP contribution in [-0.2, 0) is 16.1 Å². The Morgan fingerprint density at radius 3 is 2.67 bits per heavy atom. The fourth-order valence-electron chi connectivity index (χ4n) is 1.82. The molecule has 0 saturated carbocycles. The molecular weight excluding hydrogens is 232 g/mol. The lowest BCUT2D eigenvalue weighted by atomic mass is 10.2. The molecule has 1 fully saturated rings. The lowest BCUT2D eigenvalue weighted by molar-refractivity contribution is -0.117. The SMILES string of the molecule is O=CN(/C=C1\CC(O)NC1=O)Cc1ccccc1. The van der Waals surface area contributed by atoms with Gasteiger partial charge in [-0.05, 0) is 5.56 Å². The number of hydrogen-bond acceptors (Lipinski definition) is 3. The van der Waals surface area contributed by atoms with Crippen LogP contribution in [0.2, 0.25) is 0 Å². The second-order valence-electron chi connectivity index (χ2n) is 4.11. The topological polar surface area (TPSA) is 69.6 Å². The molecule has 2 N–H and O–H groups in total. The lowest BCUT2D eigenvalue weighted by Gasteiger charge is -2.12. The van der Waals surface area contributed by atoms with Crippen molar-refractivity contribution >= 4 is 12.3 Å². The smallest absolute Gasteiger partial charge is 0.250 e. The van der Waals surface area contributed by atoms with Crippen LogP contribution in [0.4, 0.5) is 0 Å². The minimum absolute atomic E-state index is 0.220. The van der Waals surface area contributed by atoms with Gasteiger partial charge in [-0.3, -0.25) is 9.59 Å². The van der Waals surface area contributed by atoms with E-state index in [1.165, 1.54) is 11.1 Å². The maximum atomic E-state index is 11.4. The average molecular weight is 246 g/mol. The molecule has 2 amide bonds. The molecule has 5 nitrogen and oxygen atoms in total. The number of benzene rings is 1. The van der Waals surface area contributed by atoms with Gasteiger partial charge in [0.15, 0.2) is 0 Å². The highest BCUT2D eigenvalue weighted by Crippen LogP contribution is 2.14. The van der Waals surface area contributed by atoms with Crippen LogP contribution in [0.15, 0.2) is 42.1 Å². The van der Waals surface area contributed by atoms with Crippen LogP contribution < -0.4 is 5.32 Å². The largest absolute Gasteiger partial charge is 0.373 e. The number of rotatable bonds is 4. The van der Waals surface area contributed by atoms with Gasteiger partial charge in [-0.25, -0.2) is 0 Å². The van der Waals surface area contributed by atoms with Crippen molar-refractivity contribution in [2.75, 3.05) is 0 Å². The van der Waals surface area contributed by atoms with Crippen molar-refractivity contribution in [3.8, 4) is 0 Å². The number of aliphatic hydroxyl groups is 1. The fraction of sp³-hybridized carbons (Fsp3) is 0.231. The third kappa shape index (κ3) is 2.95. The molecule has 1 aliphatic heterocycles. The van der Waals surface area contributed by atoms with Gasteiger partial charge in [0.2, 0.25) is 6.41 Å². The summed E-state index contributed by atoms with van der Waals surface area (Å²) in [7, 11) is 0. The highest BCUT2D eigenvalue weighted by Gasteiger charge is 2.24. The normalized spacial score (nSPS) is 20.8. The Bertz CT molecular complexity index is 470. The van der Waals surface area contributed by atoms with E-state index in [1.54, 1.807) is 0 Å². The highest BCUT2D eigenvalue weighted by molar-refractivity contribution is 5.95. The van der Waals surface area contributed by atoms with Gasteiger partial charge < -0.3 is 15.3 Å². The Balaban J connectivity index is 2.08. The Hall–Kier alpha value is -2.14. The van der Waals surface area contributed by atoms with E-state index in [4.69, 9.17) is 0 Å². The van der Waals surface area contributed by atoms with E-state index in [-0.39, 0.29) is 12.3 Å². The van der Waals surface area contributed by atoms with E-state index in [1.807, 2.05) is 30.3 Å². The van der Waals surface area contributed by atoms with Gasteiger partial charge in [-0.2, -0.15) is 0 Å². The summed E-state index contributed by atoms with van der Waals surface area (Å²) in [6, 6.07) is 9.47. The third-order valence-corrected chi connectivity index (χ3v) is 2.67. The molecular formula is C13H14N2O3. The predicted octanol–water partition coefficient (Wildman–Crippen LogP) is 0.367. The Morgan fingerprint density at radius 1 is 1.39 bits per heavy atom. The van der Waals surface area contributed by atoms with Crippen LogP contribution in [0.5, 0.6) is 0 Å². The second-order valence-corrected chi connectivity index (χ2v) is 4.11. The molecule has 1 heterocycles. The van der Waals surface area contributed by atoms with Crippen LogP contribution in [0.3, 0.4) is 0 Å². The molecule has 1 aromatic carbocycles. The van der Waals surface area contributed by atoms with Gasteiger partial charge in [-0.15, -0.1) is 0 Å². The van der Waals surface area contributed by atoms with Crippen LogP contribution in [0.25, 0.3) is 0 Å². The van der Waals surface area contributed by atoms with Gasteiger partial charge in [0, 0.05) is 24.7 Å². The Labute approximate surface area is 105 Å². The zero-order valence-corrected chi connectivity index (χ0v) is 9.74. The molecule has 1 unspecified atom stereocenters. The van der Waals surface area contributed by atoms with Crippen LogP contribution in [0, 0.1) is 0 Å². The van der Waals surface area contributed by atoms with E-state index in [0.29, 0.717) is 18.5 Å². The molecule has 94 valence electrons. The molecule has 1 aliphatic rings. The summed E-state index contributed by atoms with van der Waals surface area (Å²) in [5.74, 6) is -0.331. The van der Waals surface area contributed by atoms with Crippen molar-refractivity contribution in [3.05, 3.63) is 47.7 Å². The van der Waals surface area contributed by atoms with E-state index >= 15 is 0 Å². The molecule has 0 radical (unpaired) electrons. The molecule has 0 bridgehead atoms. The molecule has 0 aliphatic carbocycles. The van der Waals surface area contributed by atoms with E-state index in [2.05, 4.69) is 5.32 Å². The number of aliphatic hydroxyl groups excluding tert-OH is 1. The highest BCUT2D eigenvalue weighted by atomic mass is 16.3. The average Bonchev–Trinajstić information content (AvgIpc) is 2.68. The lowest BCUT2D eigenvalue weighted by Crippen LogP contribution is -2.24. The van der Waals surface area contributed by atoms with Gasteiger partial charge in [0.05, 0.1) is 0 Å². The van der Waals surface area contributed by atoms with Crippen molar-refractivity contribution in [3.63, 3.8) is 0 Å². The van der Waals surface area contributed by atoms with E-state index in [0.717, 1.165) is 5.56 Å². The van der Waals surface area contributed by atoms with Crippen molar-refractivity contribution in [2.24, 2.45) is 0 Å². The zero-order valence-electron chi connectivity index (χ0n) is 9.74. The summed E-state index contributed by atoms with van der Waals surface area (Å²) in [6.07, 6.45) is 1.51. The van der Waals surface area contributed by atoms with Gasteiger partial charge in [-0.1, -0.05) is 30.3 Å². The Morgan fingerprint density at radius 2 is 2.11 bits per heavy atom. The maximum Gasteiger partial charge on any atom is 0.250 e. The van der Waals surface area contributed by atoms with E-state index < -0.39 is 6.23 Å². The quantitative estimate of drug-likeness (QED) is 0.595. The number of nitrogens with one attached hydrogen (secondary N) is 1. The zero-order chi connectivity index (χ0) is 13.0. The van der Waals surface area contributed by atoms with Crippen LogP contribution in [-0.4, -0.2) is 28.6 Å².